The van der Waals surface area contributed by atoms with Crippen molar-refractivity contribution in [3.63, 3.8) is 0 Å². The summed E-state index contributed by atoms with van der Waals surface area (Å²) in [5.74, 6) is 1.16. The van der Waals surface area contributed by atoms with E-state index in [1.807, 2.05) is 36.1 Å². The quantitative estimate of drug-likeness (QED) is 0.893. The van der Waals surface area contributed by atoms with Crippen LogP contribution in [0.3, 0.4) is 0 Å². The highest BCUT2D eigenvalue weighted by Gasteiger charge is 2.33. The van der Waals surface area contributed by atoms with Crippen LogP contribution in [0.4, 0.5) is 10.5 Å². The topological polar surface area (TPSA) is 46.5 Å². The van der Waals surface area contributed by atoms with E-state index in [4.69, 9.17) is 4.74 Å². The lowest BCUT2D eigenvalue weighted by molar-refractivity contribution is 0.143. The molecule has 1 unspecified atom stereocenters. The summed E-state index contributed by atoms with van der Waals surface area (Å²) in [6.45, 7) is 10.6. The Labute approximate surface area is 149 Å². The molecule has 0 saturated carbocycles. The van der Waals surface area contributed by atoms with Crippen molar-refractivity contribution < 1.29 is 9.53 Å². The monoisotopic (exact) mass is 341 g/mol. The summed E-state index contributed by atoms with van der Waals surface area (Å²) in [7, 11) is 0. The third-order valence-corrected chi connectivity index (χ3v) is 4.74. The minimum Gasteiger partial charge on any atom is -0.494 e. The molecule has 2 aromatic rings. The summed E-state index contributed by atoms with van der Waals surface area (Å²) in [4.78, 5) is 14.8. The first-order chi connectivity index (χ1) is 12.0. The van der Waals surface area contributed by atoms with E-state index in [9.17, 15) is 4.79 Å². The minimum absolute atomic E-state index is 0.0482. The molecule has 5 nitrogen and oxygen atoms in total. The van der Waals surface area contributed by atoms with Crippen molar-refractivity contribution in [2.75, 3.05) is 18.5 Å². The largest absolute Gasteiger partial charge is 0.494 e. The number of ether oxygens (including phenoxy) is 1. The van der Waals surface area contributed by atoms with Gasteiger partial charge >= 0.3 is 6.03 Å². The zero-order valence-electron chi connectivity index (χ0n) is 15.5. The molecule has 0 radical (unpaired) electrons. The number of anilines is 1. The molecule has 1 N–H and O–H groups in total. The molecular formula is C20H27N3O2. The van der Waals surface area contributed by atoms with E-state index in [1.54, 1.807) is 0 Å². The third kappa shape index (κ3) is 3.50. The van der Waals surface area contributed by atoms with Gasteiger partial charge in [0, 0.05) is 30.2 Å². The molecule has 3 rings (SSSR count). The minimum atomic E-state index is -0.0482. The van der Waals surface area contributed by atoms with Crippen LogP contribution in [0.15, 0.2) is 36.4 Å². The summed E-state index contributed by atoms with van der Waals surface area (Å²) in [6, 6.07) is 11.8. The molecule has 1 aromatic heterocycles. The predicted octanol–water partition coefficient (Wildman–Crippen LogP) is 4.44. The number of aryl methyl sites for hydroxylation is 1. The first kappa shape index (κ1) is 17.4. The first-order valence-electron chi connectivity index (χ1n) is 8.97. The van der Waals surface area contributed by atoms with Gasteiger partial charge in [0.15, 0.2) is 0 Å². The Hall–Kier alpha value is -2.43. The number of aromatic nitrogens is 1. The van der Waals surface area contributed by atoms with Crippen molar-refractivity contribution in [2.45, 2.75) is 40.3 Å². The average molecular weight is 341 g/mol. The summed E-state index contributed by atoms with van der Waals surface area (Å²) >= 11 is 0. The number of rotatable bonds is 4. The second-order valence-electron chi connectivity index (χ2n) is 6.82. The molecule has 0 fully saturated rings. The Bertz CT molecular complexity index is 734. The Kier molecular flexibility index (Phi) is 5.02. The number of carbonyl (C=O) groups is 1. The van der Waals surface area contributed by atoms with Gasteiger partial charge in [0.05, 0.1) is 12.6 Å². The Balaban J connectivity index is 1.77. The van der Waals surface area contributed by atoms with Gasteiger partial charge in [-0.05, 0) is 56.2 Å². The van der Waals surface area contributed by atoms with Gasteiger partial charge in [0.1, 0.15) is 5.75 Å². The Morgan fingerprint density at radius 2 is 1.92 bits per heavy atom. The van der Waals surface area contributed by atoms with E-state index < -0.39 is 0 Å². The second-order valence-corrected chi connectivity index (χ2v) is 6.82. The summed E-state index contributed by atoms with van der Waals surface area (Å²) in [5, 5.41) is 3.03. The summed E-state index contributed by atoms with van der Waals surface area (Å²) in [6.07, 6.45) is 0. The number of benzene rings is 1. The first-order valence-corrected chi connectivity index (χ1v) is 8.97. The molecule has 0 aliphatic carbocycles. The smallest absolute Gasteiger partial charge is 0.322 e. The van der Waals surface area contributed by atoms with Crippen LogP contribution >= 0.6 is 0 Å². The van der Waals surface area contributed by atoms with E-state index in [2.05, 4.69) is 42.8 Å². The van der Waals surface area contributed by atoms with Gasteiger partial charge in [-0.15, -0.1) is 0 Å². The fraction of sp³-hybridized carbons (Fsp3) is 0.450. The number of hydrogen-bond donors (Lipinski definition) is 1. The van der Waals surface area contributed by atoms with Gasteiger partial charge in [-0.25, -0.2) is 4.79 Å². The van der Waals surface area contributed by atoms with Gasteiger partial charge < -0.3 is 19.5 Å². The zero-order chi connectivity index (χ0) is 18.0. The number of hydrogen-bond acceptors (Lipinski definition) is 2. The zero-order valence-corrected chi connectivity index (χ0v) is 15.5. The van der Waals surface area contributed by atoms with E-state index in [0.717, 1.165) is 18.0 Å². The molecule has 25 heavy (non-hydrogen) atoms. The highest BCUT2D eigenvalue weighted by Crippen LogP contribution is 2.34. The lowest BCUT2D eigenvalue weighted by atomic mass is 9.97. The predicted molar refractivity (Wildman–Crippen MR) is 100 cm³/mol. The molecule has 2 heterocycles. The normalized spacial score (nSPS) is 16.7. The Morgan fingerprint density at radius 1 is 1.20 bits per heavy atom. The van der Waals surface area contributed by atoms with Crippen LogP contribution in [0, 0.1) is 12.8 Å². The van der Waals surface area contributed by atoms with Crippen molar-refractivity contribution in [2.24, 2.45) is 5.92 Å². The van der Waals surface area contributed by atoms with Gasteiger partial charge in [0.25, 0.3) is 0 Å². The number of carbonyl (C=O) groups excluding carboxylic acids is 1. The molecule has 0 saturated heterocycles. The summed E-state index contributed by atoms with van der Waals surface area (Å²) < 4.78 is 7.77. The number of nitrogens with one attached hydrogen (secondary N) is 1. The molecule has 1 aliphatic rings. The lowest BCUT2D eigenvalue weighted by Gasteiger charge is -2.39. The van der Waals surface area contributed by atoms with E-state index >= 15 is 0 Å². The lowest BCUT2D eigenvalue weighted by Crippen LogP contribution is -2.46. The van der Waals surface area contributed by atoms with Crippen molar-refractivity contribution in [1.29, 1.82) is 0 Å². The van der Waals surface area contributed by atoms with E-state index in [0.29, 0.717) is 19.1 Å². The molecule has 2 amide bonds. The maximum absolute atomic E-state index is 12.9. The van der Waals surface area contributed by atoms with Gasteiger partial charge in [-0.3, -0.25) is 0 Å². The molecule has 1 aliphatic heterocycles. The van der Waals surface area contributed by atoms with Crippen molar-refractivity contribution in [3.8, 4) is 5.75 Å². The van der Waals surface area contributed by atoms with Crippen molar-refractivity contribution in [3.05, 3.63) is 47.8 Å². The van der Waals surface area contributed by atoms with E-state index in [1.165, 1.54) is 11.4 Å². The van der Waals surface area contributed by atoms with Crippen LogP contribution in [0.25, 0.3) is 0 Å². The van der Waals surface area contributed by atoms with Crippen molar-refractivity contribution >= 4 is 11.7 Å². The van der Waals surface area contributed by atoms with Crippen LogP contribution in [-0.2, 0) is 6.54 Å². The van der Waals surface area contributed by atoms with Crippen LogP contribution in [0.5, 0.6) is 5.75 Å². The van der Waals surface area contributed by atoms with E-state index in [-0.39, 0.29) is 12.1 Å². The SMILES string of the molecule is CCOc1ccc(NC(=O)N2CCn3c(C)ccc3C2C(C)C)cc1. The molecule has 1 aromatic carbocycles. The molecular weight excluding hydrogens is 314 g/mol. The fourth-order valence-corrected chi connectivity index (χ4v) is 3.59. The van der Waals surface area contributed by atoms with Gasteiger partial charge in [-0.1, -0.05) is 13.8 Å². The second kappa shape index (κ2) is 7.21. The molecule has 0 spiro atoms. The molecule has 134 valence electrons. The summed E-state index contributed by atoms with van der Waals surface area (Å²) in [5.41, 5.74) is 3.26. The number of fused-ring (bicyclic) bond motifs is 1. The average Bonchev–Trinajstić information content (AvgIpc) is 2.97. The number of amides is 2. The maximum Gasteiger partial charge on any atom is 0.322 e. The molecule has 0 bridgehead atoms. The number of nitrogens with zero attached hydrogens (tertiary/aromatic N) is 2. The van der Waals surface area contributed by atoms with Gasteiger partial charge in [-0.2, -0.15) is 0 Å². The van der Waals surface area contributed by atoms with Crippen LogP contribution in [0.2, 0.25) is 0 Å². The highest BCUT2D eigenvalue weighted by molar-refractivity contribution is 5.89. The standard InChI is InChI=1S/C20H27N3O2/c1-5-25-17-9-7-16(8-10-17)21-20(24)23-13-12-22-15(4)6-11-18(22)19(23)14(2)3/h6-11,14,19H,5,12-13H2,1-4H3,(H,21,24). The Morgan fingerprint density at radius 3 is 2.56 bits per heavy atom. The van der Waals surface area contributed by atoms with Crippen LogP contribution in [0.1, 0.15) is 38.2 Å². The fourth-order valence-electron chi connectivity index (χ4n) is 3.59. The highest BCUT2D eigenvalue weighted by atomic mass is 16.5. The maximum atomic E-state index is 12.9. The molecule has 5 heteroatoms. The van der Waals surface area contributed by atoms with Crippen molar-refractivity contribution in [1.82, 2.24) is 9.47 Å². The van der Waals surface area contributed by atoms with Crippen LogP contribution in [-0.4, -0.2) is 28.6 Å². The third-order valence-electron chi connectivity index (χ3n) is 4.74. The molecule has 1 atom stereocenters. The van der Waals surface area contributed by atoms with Crippen LogP contribution < -0.4 is 10.1 Å². The van der Waals surface area contributed by atoms with Gasteiger partial charge in [0.2, 0.25) is 0 Å². The number of urea groups is 1.